The molecule has 8 nitrogen and oxygen atoms in total. The number of amidine groups is 2. The van der Waals surface area contributed by atoms with Crippen LogP contribution in [0.5, 0.6) is 0 Å². The number of aliphatic imine (C=N–C) groups is 1. The molecule has 3 heterocycles. The Balaban J connectivity index is 1.73. The Labute approximate surface area is 190 Å². The van der Waals surface area contributed by atoms with Crippen molar-refractivity contribution in [2.24, 2.45) is 10.7 Å². The molecule has 1 amide bonds. The van der Waals surface area contributed by atoms with Crippen LogP contribution in [-0.4, -0.2) is 51.3 Å². The second-order valence-electron chi connectivity index (χ2n) is 7.37. The second kappa shape index (κ2) is 9.93. The van der Waals surface area contributed by atoms with Gasteiger partial charge < -0.3 is 11.1 Å². The van der Waals surface area contributed by atoms with Crippen molar-refractivity contribution in [2.75, 3.05) is 6.54 Å². The Hall–Kier alpha value is -3.90. The van der Waals surface area contributed by atoms with Gasteiger partial charge in [-0.05, 0) is 36.2 Å². The number of alkyl halides is 5. The summed E-state index contributed by atoms with van der Waals surface area (Å²) < 4.78 is 67.0. The molecule has 3 rings (SSSR count). The molecule has 0 saturated carbocycles. The molecule has 0 aliphatic rings. The van der Waals surface area contributed by atoms with Gasteiger partial charge in [-0.2, -0.15) is 13.2 Å². The number of nitrogens with one attached hydrogen (secondary N) is 2. The lowest BCUT2D eigenvalue weighted by molar-refractivity contribution is -0.109. The number of aryl methyl sites for hydroxylation is 1. The lowest BCUT2D eigenvalue weighted by Crippen LogP contribution is -2.32. The molecule has 0 bridgehead atoms. The lowest BCUT2D eigenvalue weighted by atomic mass is 10.0. The van der Waals surface area contributed by atoms with Crippen molar-refractivity contribution in [1.82, 2.24) is 19.9 Å². The maximum Gasteiger partial charge on any atom is 0.449 e. The molecule has 0 unspecified atom stereocenters. The van der Waals surface area contributed by atoms with Gasteiger partial charge in [-0.3, -0.25) is 19.8 Å². The van der Waals surface area contributed by atoms with E-state index >= 15 is 0 Å². The molecule has 180 valence electrons. The van der Waals surface area contributed by atoms with Crippen molar-refractivity contribution in [3.8, 4) is 5.69 Å². The molecular weight excluding hydrogens is 461 g/mol. The normalized spacial score (nSPS) is 12.7. The van der Waals surface area contributed by atoms with Gasteiger partial charge in [-0.15, -0.1) is 0 Å². The predicted molar refractivity (Wildman–Crippen MR) is 115 cm³/mol. The fourth-order valence-electron chi connectivity index (χ4n) is 3.09. The molecule has 34 heavy (non-hydrogen) atoms. The van der Waals surface area contributed by atoms with Crippen LogP contribution in [-0.2, 0) is 11.2 Å². The first kappa shape index (κ1) is 24.7. The van der Waals surface area contributed by atoms with Gasteiger partial charge in [0.15, 0.2) is 5.84 Å². The molecule has 4 N–H and O–H groups in total. The Morgan fingerprint density at radius 3 is 2.56 bits per heavy atom. The number of halogens is 5. The molecular formula is C21H20F5N7O. The average Bonchev–Trinajstić information content (AvgIpc) is 3.20. The number of carbonyl (C=O) groups is 1. The van der Waals surface area contributed by atoms with Crippen molar-refractivity contribution >= 4 is 29.1 Å². The summed E-state index contributed by atoms with van der Waals surface area (Å²) in [6.07, 6.45) is -0.692. The number of pyridine rings is 2. The third kappa shape index (κ3) is 6.11. The minimum absolute atomic E-state index is 0.0994. The molecule has 0 atom stereocenters. The fourth-order valence-corrected chi connectivity index (χ4v) is 3.09. The summed E-state index contributed by atoms with van der Waals surface area (Å²) in [5.74, 6) is -5.30. The van der Waals surface area contributed by atoms with Crippen LogP contribution < -0.4 is 11.1 Å². The topological polar surface area (TPSA) is 122 Å². The van der Waals surface area contributed by atoms with Crippen molar-refractivity contribution in [2.45, 2.75) is 31.4 Å². The predicted octanol–water partition coefficient (Wildman–Crippen LogP) is 3.37. The maximum absolute atomic E-state index is 13.9. The molecule has 0 spiro atoms. The summed E-state index contributed by atoms with van der Waals surface area (Å²) in [5, 5.41) is 10.6. The van der Waals surface area contributed by atoms with Gasteiger partial charge in [-0.1, -0.05) is 0 Å². The van der Waals surface area contributed by atoms with Gasteiger partial charge in [0, 0.05) is 37.2 Å². The summed E-state index contributed by atoms with van der Waals surface area (Å²) in [6, 6.07) is 6.33. The van der Waals surface area contributed by atoms with Gasteiger partial charge in [0.2, 0.25) is 18.2 Å². The van der Waals surface area contributed by atoms with Crippen LogP contribution in [0.4, 0.5) is 22.0 Å². The number of aromatic nitrogens is 3. The van der Waals surface area contributed by atoms with E-state index in [0.717, 1.165) is 0 Å². The summed E-state index contributed by atoms with van der Waals surface area (Å²) in [6.45, 7) is -0.106. The minimum Gasteiger partial charge on any atom is -0.380 e. The van der Waals surface area contributed by atoms with Crippen LogP contribution in [0.1, 0.15) is 24.1 Å². The molecule has 0 aromatic carbocycles. The van der Waals surface area contributed by atoms with Crippen LogP contribution >= 0.6 is 0 Å². The summed E-state index contributed by atoms with van der Waals surface area (Å²) in [5.41, 5.74) is 6.39. The number of hydrogen-bond donors (Lipinski definition) is 3. The zero-order chi connectivity index (χ0) is 24.9. The highest BCUT2D eigenvalue weighted by Gasteiger charge is 2.34. The van der Waals surface area contributed by atoms with Crippen LogP contribution in [0.2, 0.25) is 0 Å². The zero-order valence-electron chi connectivity index (χ0n) is 17.6. The first-order valence-electron chi connectivity index (χ1n) is 9.98. The first-order valence-corrected chi connectivity index (χ1v) is 9.98. The molecule has 3 aromatic heterocycles. The third-order valence-electron chi connectivity index (χ3n) is 4.87. The standard InChI is InChI=1S/C21H20F5N7O/c22-20(23,6-7-29-12-34)5-3-13-9-14-4-8-33(18(14)31-10-13)15-1-2-16(30-11-15)17(27)32-19(28)21(24,25)26/h1-2,4,8-12H,3,5-7H2,(H,29,34)(H3,27,28,32). The van der Waals surface area contributed by atoms with E-state index in [9.17, 15) is 26.7 Å². The van der Waals surface area contributed by atoms with Crippen molar-refractivity contribution in [3.63, 3.8) is 0 Å². The smallest absolute Gasteiger partial charge is 0.380 e. The lowest BCUT2D eigenvalue weighted by Gasteiger charge is -2.15. The first-order chi connectivity index (χ1) is 16.0. The van der Waals surface area contributed by atoms with Gasteiger partial charge >= 0.3 is 6.18 Å². The Kier molecular flexibility index (Phi) is 7.23. The summed E-state index contributed by atoms with van der Waals surface area (Å²) >= 11 is 0. The molecule has 0 saturated heterocycles. The fraction of sp³-hybridized carbons (Fsp3) is 0.286. The van der Waals surface area contributed by atoms with Crippen molar-refractivity contribution < 1.29 is 26.7 Å². The van der Waals surface area contributed by atoms with E-state index in [-0.39, 0.29) is 25.1 Å². The number of amides is 1. The van der Waals surface area contributed by atoms with E-state index < -0.39 is 30.2 Å². The monoisotopic (exact) mass is 481 g/mol. The summed E-state index contributed by atoms with van der Waals surface area (Å²) in [7, 11) is 0. The highest BCUT2D eigenvalue weighted by molar-refractivity contribution is 6.04. The molecule has 0 aliphatic carbocycles. The number of hydrogen-bond acceptors (Lipinski definition) is 4. The van der Waals surface area contributed by atoms with Gasteiger partial charge in [0.1, 0.15) is 11.3 Å². The van der Waals surface area contributed by atoms with E-state index in [1.807, 2.05) is 0 Å². The molecule has 0 aliphatic heterocycles. The zero-order valence-corrected chi connectivity index (χ0v) is 17.6. The van der Waals surface area contributed by atoms with Crippen LogP contribution in [0.3, 0.4) is 0 Å². The second-order valence-corrected chi connectivity index (χ2v) is 7.37. The number of nitrogens with two attached hydrogens (primary N) is 1. The molecule has 3 aromatic rings. The number of fused-ring (bicyclic) bond motifs is 1. The van der Waals surface area contributed by atoms with E-state index in [1.165, 1.54) is 24.5 Å². The Morgan fingerprint density at radius 1 is 1.15 bits per heavy atom. The van der Waals surface area contributed by atoms with E-state index in [0.29, 0.717) is 28.7 Å². The molecule has 0 fully saturated rings. The average molecular weight is 481 g/mol. The SMILES string of the molecule is N=C(N=C(N)C(F)(F)F)c1ccc(-n2ccc3cc(CCC(F)(F)CCNC=O)cnc32)cn1. The summed E-state index contributed by atoms with van der Waals surface area (Å²) in [4.78, 5) is 21.5. The highest BCUT2D eigenvalue weighted by Crippen LogP contribution is 2.26. The van der Waals surface area contributed by atoms with E-state index in [1.54, 1.807) is 22.9 Å². The number of nitrogens with zero attached hydrogens (tertiary/aromatic N) is 4. The van der Waals surface area contributed by atoms with Crippen LogP contribution in [0.25, 0.3) is 16.7 Å². The van der Waals surface area contributed by atoms with Gasteiger partial charge in [-0.25, -0.2) is 18.8 Å². The molecule has 0 radical (unpaired) electrons. The minimum atomic E-state index is -4.84. The maximum atomic E-state index is 13.9. The highest BCUT2D eigenvalue weighted by atomic mass is 19.4. The van der Waals surface area contributed by atoms with Gasteiger partial charge in [0.25, 0.3) is 0 Å². The Bertz CT molecular complexity index is 1200. The Morgan fingerprint density at radius 2 is 1.91 bits per heavy atom. The van der Waals surface area contributed by atoms with E-state index in [2.05, 4.69) is 20.3 Å². The quantitative estimate of drug-likeness (QED) is 0.143. The van der Waals surface area contributed by atoms with Crippen LogP contribution in [0, 0.1) is 5.41 Å². The number of rotatable bonds is 9. The van der Waals surface area contributed by atoms with E-state index in [4.69, 9.17) is 11.1 Å². The third-order valence-corrected chi connectivity index (χ3v) is 4.87. The largest absolute Gasteiger partial charge is 0.449 e. The van der Waals surface area contributed by atoms with Gasteiger partial charge in [0.05, 0.1) is 11.9 Å². The van der Waals surface area contributed by atoms with Crippen LogP contribution in [0.15, 0.2) is 47.8 Å². The molecule has 13 heteroatoms. The number of carbonyl (C=O) groups excluding carboxylic acids is 1. The van der Waals surface area contributed by atoms with Crippen molar-refractivity contribution in [3.05, 3.63) is 54.1 Å². The van der Waals surface area contributed by atoms with Crippen molar-refractivity contribution in [1.29, 1.82) is 5.41 Å².